The Labute approximate surface area is 120 Å². The molecule has 0 radical (unpaired) electrons. The summed E-state index contributed by atoms with van der Waals surface area (Å²) in [5.74, 6) is -0.300. The Balaban J connectivity index is 2.22. The van der Waals surface area contributed by atoms with E-state index in [4.69, 9.17) is 11.1 Å². The number of rotatable bonds is 4. The Morgan fingerprint density at radius 1 is 1.43 bits per heavy atom. The summed E-state index contributed by atoms with van der Waals surface area (Å²) in [6, 6.07) is 3.78. The van der Waals surface area contributed by atoms with Crippen molar-refractivity contribution < 1.29 is 18.3 Å². The number of aliphatic hydroxyl groups is 1. The summed E-state index contributed by atoms with van der Waals surface area (Å²) in [6.45, 7) is 0.591. The van der Waals surface area contributed by atoms with Crippen LogP contribution in [0.2, 0.25) is 0 Å². The van der Waals surface area contributed by atoms with Crippen molar-refractivity contribution in [3.8, 4) is 0 Å². The Bertz CT molecular complexity index is 539. The van der Waals surface area contributed by atoms with E-state index in [1.54, 1.807) is 11.9 Å². The first-order valence-electron chi connectivity index (χ1n) is 6.63. The number of halogens is 3. The molecule has 0 unspecified atom stereocenters. The molecule has 1 aromatic rings. The first-order chi connectivity index (χ1) is 9.68. The fourth-order valence-corrected chi connectivity index (χ4v) is 2.58. The van der Waals surface area contributed by atoms with Crippen molar-refractivity contribution in [2.24, 2.45) is 11.7 Å². The third kappa shape index (κ3) is 3.47. The molecular weight excluding hydrogens is 283 g/mol. The molecule has 0 aliphatic heterocycles. The lowest BCUT2D eigenvalue weighted by Crippen LogP contribution is -2.37. The topological polar surface area (TPSA) is 73.3 Å². The molecule has 0 aromatic heterocycles. The zero-order chi connectivity index (χ0) is 15.8. The van der Waals surface area contributed by atoms with Crippen LogP contribution in [0.4, 0.5) is 18.9 Å². The van der Waals surface area contributed by atoms with Crippen LogP contribution in [0.5, 0.6) is 0 Å². The first-order valence-corrected chi connectivity index (χ1v) is 6.63. The van der Waals surface area contributed by atoms with Gasteiger partial charge in [0.05, 0.1) is 11.7 Å². The molecule has 1 aliphatic rings. The number of amidine groups is 1. The van der Waals surface area contributed by atoms with E-state index in [2.05, 4.69) is 0 Å². The van der Waals surface area contributed by atoms with Gasteiger partial charge in [0.2, 0.25) is 0 Å². The second-order valence-electron chi connectivity index (χ2n) is 5.51. The van der Waals surface area contributed by atoms with Gasteiger partial charge in [-0.2, -0.15) is 13.2 Å². The van der Waals surface area contributed by atoms with Crippen molar-refractivity contribution in [1.82, 2.24) is 0 Å². The van der Waals surface area contributed by atoms with E-state index in [-0.39, 0.29) is 11.7 Å². The average molecular weight is 301 g/mol. The van der Waals surface area contributed by atoms with Crippen molar-refractivity contribution in [2.45, 2.75) is 25.1 Å². The summed E-state index contributed by atoms with van der Waals surface area (Å²) in [5, 5.41) is 16.5. The van der Waals surface area contributed by atoms with Crippen LogP contribution in [-0.4, -0.2) is 30.6 Å². The van der Waals surface area contributed by atoms with Gasteiger partial charge in [0.15, 0.2) is 0 Å². The fourth-order valence-electron chi connectivity index (χ4n) is 2.58. The second-order valence-corrected chi connectivity index (χ2v) is 5.51. The summed E-state index contributed by atoms with van der Waals surface area (Å²) in [4.78, 5) is 1.73. The molecule has 0 amide bonds. The van der Waals surface area contributed by atoms with Gasteiger partial charge in [-0.25, -0.2) is 0 Å². The molecule has 1 aliphatic carbocycles. The van der Waals surface area contributed by atoms with Crippen LogP contribution >= 0.6 is 0 Å². The summed E-state index contributed by atoms with van der Waals surface area (Å²) >= 11 is 0. The van der Waals surface area contributed by atoms with Crippen LogP contribution in [-0.2, 0) is 6.18 Å². The summed E-state index contributed by atoms with van der Waals surface area (Å²) in [6.07, 6.45) is -3.47. The standard InChI is InChI=1S/C14H18F3N3O/c1-20(7-8-4-10(21)5-8)9-2-3-11(13(18)19)12(6-9)14(15,16)17/h2-3,6,8,10,21H,4-5,7H2,1H3,(H3,18,19). The van der Waals surface area contributed by atoms with E-state index < -0.39 is 17.6 Å². The summed E-state index contributed by atoms with van der Waals surface area (Å²) < 4.78 is 39.1. The number of nitrogens with zero attached hydrogens (tertiary/aromatic N) is 1. The van der Waals surface area contributed by atoms with Gasteiger partial charge in [0.25, 0.3) is 0 Å². The van der Waals surface area contributed by atoms with Crippen LogP contribution in [0.25, 0.3) is 0 Å². The number of nitrogens with two attached hydrogens (primary N) is 1. The first kappa shape index (κ1) is 15.6. The van der Waals surface area contributed by atoms with Crippen molar-refractivity contribution in [2.75, 3.05) is 18.5 Å². The number of hydrogen-bond donors (Lipinski definition) is 3. The third-order valence-corrected chi connectivity index (χ3v) is 3.78. The SMILES string of the molecule is CN(CC1CC(O)C1)c1ccc(C(=N)N)c(C(F)(F)F)c1. The maximum atomic E-state index is 13.0. The van der Waals surface area contributed by atoms with E-state index in [0.717, 1.165) is 6.07 Å². The number of nitrogens with one attached hydrogen (secondary N) is 1. The molecule has 0 spiro atoms. The Hall–Kier alpha value is -1.76. The number of benzene rings is 1. The zero-order valence-corrected chi connectivity index (χ0v) is 11.6. The molecule has 2 rings (SSSR count). The molecule has 0 heterocycles. The quantitative estimate of drug-likeness (QED) is 0.589. The van der Waals surface area contributed by atoms with Gasteiger partial charge in [0, 0.05) is 24.8 Å². The molecule has 0 bridgehead atoms. The minimum Gasteiger partial charge on any atom is -0.393 e. The van der Waals surface area contributed by atoms with Gasteiger partial charge in [-0.3, -0.25) is 5.41 Å². The molecule has 4 N–H and O–H groups in total. The predicted molar refractivity (Wildman–Crippen MR) is 74.5 cm³/mol. The highest BCUT2D eigenvalue weighted by atomic mass is 19.4. The number of anilines is 1. The number of hydrogen-bond acceptors (Lipinski definition) is 3. The molecule has 116 valence electrons. The van der Waals surface area contributed by atoms with Crippen LogP contribution in [0.15, 0.2) is 18.2 Å². The molecule has 21 heavy (non-hydrogen) atoms. The van der Waals surface area contributed by atoms with Crippen molar-refractivity contribution in [1.29, 1.82) is 5.41 Å². The minimum atomic E-state index is -4.55. The van der Waals surface area contributed by atoms with E-state index in [1.165, 1.54) is 12.1 Å². The Morgan fingerprint density at radius 3 is 2.52 bits per heavy atom. The van der Waals surface area contributed by atoms with Crippen molar-refractivity contribution in [3.05, 3.63) is 29.3 Å². The van der Waals surface area contributed by atoms with Crippen LogP contribution < -0.4 is 10.6 Å². The van der Waals surface area contributed by atoms with E-state index in [1.807, 2.05) is 0 Å². The van der Waals surface area contributed by atoms with E-state index in [0.29, 0.717) is 31.0 Å². The molecule has 1 saturated carbocycles. The van der Waals surface area contributed by atoms with Crippen molar-refractivity contribution in [3.63, 3.8) is 0 Å². The lowest BCUT2D eigenvalue weighted by Gasteiger charge is -2.35. The lowest BCUT2D eigenvalue weighted by atomic mass is 9.82. The maximum Gasteiger partial charge on any atom is 0.417 e. The second kappa shape index (κ2) is 5.55. The van der Waals surface area contributed by atoms with Gasteiger partial charge < -0.3 is 15.7 Å². The summed E-state index contributed by atoms with van der Waals surface area (Å²) in [7, 11) is 1.72. The van der Waals surface area contributed by atoms with Gasteiger partial charge >= 0.3 is 6.18 Å². The van der Waals surface area contributed by atoms with Crippen LogP contribution in [0, 0.1) is 11.3 Å². The van der Waals surface area contributed by atoms with E-state index in [9.17, 15) is 18.3 Å². The monoisotopic (exact) mass is 301 g/mol. The smallest absolute Gasteiger partial charge is 0.393 e. The zero-order valence-electron chi connectivity index (χ0n) is 11.6. The minimum absolute atomic E-state index is 0.283. The molecular formula is C14H18F3N3O. The predicted octanol–water partition coefficient (Wildman–Crippen LogP) is 2.20. The third-order valence-electron chi connectivity index (χ3n) is 3.78. The maximum absolute atomic E-state index is 13.0. The molecule has 0 atom stereocenters. The number of nitrogen functional groups attached to an aromatic ring is 1. The van der Waals surface area contributed by atoms with E-state index >= 15 is 0 Å². The van der Waals surface area contributed by atoms with Gasteiger partial charge in [-0.1, -0.05) is 0 Å². The normalized spacial score (nSPS) is 21.8. The number of alkyl halides is 3. The fraction of sp³-hybridized carbons (Fsp3) is 0.500. The Kier molecular flexibility index (Phi) is 4.13. The van der Waals surface area contributed by atoms with Gasteiger partial charge in [-0.15, -0.1) is 0 Å². The average Bonchev–Trinajstić information content (AvgIpc) is 2.35. The highest BCUT2D eigenvalue weighted by Gasteiger charge is 2.35. The largest absolute Gasteiger partial charge is 0.417 e. The summed E-state index contributed by atoms with van der Waals surface area (Å²) in [5.41, 5.74) is 4.43. The lowest BCUT2D eigenvalue weighted by molar-refractivity contribution is -0.137. The van der Waals surface area contributed by atoms with Crippen molar-refractivity contribution >= 4 is 11.5 Å². The van der Waals surface area contributed by atoms with Crippen LogP contribution in [0.1, 0.15) is 24.0 Å². The van der Waals surface area contributed by atoms with Gasteiger partial charge in [0.1, 0.15) is 5.84 Å². The number of aliphatic hydroxyl groups excluding tert-OH is 1. The van der Waals surface area contributed by atoms with Crippen LogP contribution in [0.3, 0.4) is 0 Å². The molecule has 0 saturated heterocycles. The molecule has 1 fully saturated rings. The highest BCUT2D eigenvalue weighted by Crippen LogP contribution is 2.35. The highest BCUT2D eigenvalue weighted by molar-refractivity contribution is 5.97. The molecule has 4 nitrogen and oxygen atoms in total. The molecule has 1 aromatic carbocycles. The molecule has 7 heteroatoms. The Morgan fingerprint density at radius 2 is 2.05 bits per heavy atom. The van der Waals surface area contributed by atoms with Gasteiger partial charge in [-0.05, 0) is 37.0 Å².